The van der Waals surface area contributed by atoms with Gasteiger partial charge in [0.25, 0.3) is 0 Å². The van der Waals surface area contributed by atoms with Crippen LogP contribution in [0.3, 0.4) is 0 Å². The van der Waals surface area contributed by atoms with E-state index in [9.17, 15) is 0 Å². The lowest BCUT2D eigenvalue weighted by molar-refractivity contribution is 0.596. The van der Waals surface area contributed by atoms with Gasteiger partial charge in [0.05, 0.1) is 5.52 Å². The highest BCUT2D eigenvalue weighted by atomic mass is 15.2. The molecule has 0 aliphatic heterocycles. The van der Waals surface area contributed by atoms with Gasteiger partial charge in [0.2, 0.25) is 0 Å². The molecule has 0 fully saturated rings. The molecule has 0 amide bonds. The minimum atomic E-state index is 0.183. The minimum absolute atomic E-state index is 0.183. The van der Waals surface area contributed by atoms with Crippen molar-refractivity contribution in [3.8, 4) is 0 Å². The summed E-state index contributed by atoms with van der Waals surface area (Å²) in [7, 11) is 1.96. The van der Waals surface area contributed by atoms with Gasteiger partial charge in [-0.1, -0.05) is 32.9 Å². The fraction of sp³-hybridized carbons (Fsp3) is 0.417. The second-order valence-corrected chi connectivity index (χ2v) is 4.79. The predicted molar refractivity (Wildman–Crippen MR) is 59.4 cm³/mol. The first-order valence-corrected chi connectivity index (χ1v) is 4.91. The molecule has 0 saturated heterocycles. The van der Waals surface area contributed by atoms with Crippen molar-refractivity contribution in [1.29, 1.82) is 0 Å². The van der Waals surface area contributed by atoms with Gasteiger partial charge in [0.15, 0.2) is 0 Å². The summed E-state index contributed by atoms with van der Waals surface area (Å²) in [6.45, 7) is 6.69. The van der Waals surface area contributed by atoms with Crippen LogP contribution >= 0.6 is 0 Å². The molecule has 2 heteroatoms. The second kappa shape index (κ2) is 2.84. The van der Waals surface area contributed by atoms with Gasteiger partial charge in [-0.05, 0) is 17.0 Å². The van der Waals surface area contributed by atoms with E-state index >= 15 is 0 Å². The third kappa shape index (κ3) is 1.41. The van der Waals surface area contributed by atoms with Crippen LogP contribution in [0.15, 0.2) is 24.4 Å². The molecule has 14 heavy (non-hydrogen) atoms. The van der Waals surface area contributed by atoms with E-state index in [1.54, 1.807) is 0 Å². The van der Waals surface area contributed by atoms with Crippen molar-refractivity contribution in [2.24, 2.45) is 7.05 Å². The zero-order valence-electron chi connectivity index (χ0n) is 9.20. The highest BCUT2D eigenvalue weighted by Gasteiger charge is 2.17. The van der Waals surface area contributed by atoms with Gasteiger partial charge < -0.3 is 0 Å². The molecule has 1 aromatic carbocycles. The Morgan fingerprint density at radius 3 is 2.57 bits per heavy atom. The van der Waals surface area contributed by atoms with Crippen molar-refractivity contribution in [3.63, 3.8) is 0 Å². The van der Waals surface area contributed by atoms with Gasteiger partial charge >= 0.3 is 0 Å². The average molecular weight is 188 g/mol. The molecule has 2 nitrogen and oxygen atoms in total. The molecule has 1 aromatic heterocycles. The summed E-state index contributed by atoms with van der Waals surface area (Å²) in [5.41, 5.74) is 2.63. The zero-order valence-corrected chi connectivity index (χ0v) is 9.20. The highest BCUT2D eigenvalue weighted by molar-refractivity contribution is 5.82. The van der Waals surface area contributed by atoms with Gasteiger partial charge in [0, 0.05) is 18.6 Å². The maximum atomic E-state index is 4.40. The lowest BCUT2D eigenvalue weighted by Gasteiger charge is -2.19. The lowest BCUT2D eigenvalue weighted by atomic mass is 9.85. The molecule has 0 bridgehead atoms. The number of aromatic nitrogens is 2. The number of nitrogens with zero attached hydrogens (tertiary/aromatic N) is 2. The highest BCUT2D eigenvalue weighted by Crippen LogP contribution is 2.28. The van der Waals surface area contributed by atoms with Crippen LogP contribution in [-0.4, -0.2) is 9.78 Å². The van der Waals surface area contributed by atoms with E-state index < -0.39 is 0 Å². The second-order valence-electron chi connectivity index (χ2n) is 4.79. The normalized spacial score (nSPS) is 12.3. The van der Waals surface area contributed by atoms with Crippen molar-refractivity contribution in [2.75, 3.05) is 0 Å². The third-order valence-corrected chi connectivity index (χ3v) is 2.47. The fourth-order valence-electron chi connectivity index (χ4n) is 1.82. The van der Waals surface area contributed by atoms with Crippen LogP contribution in [0, 0.1) is 0 Å². The summed E-state index contributed by atoms with van der Waals surface area (Å²) >= 11 is 0. The minimum Gasteiger partial charge on any atom is -0.275 e. The molecular formula is C12H16N2. The van der Waals surface area contributed by atoms with E-state index in [0.29, 0.717) is 0 Å². The lowest BCUT2D eigenvalue weighted by Crippen LogP contribution is -2.11. The summed E-state index contributed by atoms with van der Waals surface area (Å²) in [6.07, 6.45) is 2.09. The van der Waals surface area contributed by atoms with Crippen LogP contribution in [0.2, 0.25) is 0 Å². The monoisotopic (exact) mass is 188 g/mol. The molecule has 0 saturated carbocycles. The Kier molecular flexibility index (Phi) is 1.88. The summed E-state index contributed by atoms with van der Waals surface area (Å²) in [4.78, 5) is 0. The van der Waals surface area contributed by atoms with Gasteiger partial charge in [0.1, 0.15) is 0 Å². The van der Waals surface area contributed by atoms with Crippen molar-refractivity contribution >= 4 is 10.9 Å². The Bertz CT molecular complexity index is 461. The average Bonchev–Trinajstić information content (AvgIpc) is 2.41. The first-order chi connectivity index (χ1) is 6.48. The molecule has 74 valence electrons. The van der Waals surface area contributed by atoms with Crippen LogP contribution in [0.4, 0.5) is 0 Å². The fourth-order valence-corrected chi connectivity index (χ4v) is 1.82. The van der Waals surface area contributed by atoms with E-state index in [0.717, 1.165) is 5.52 Å². The molecule has 0 aliphatic carbocycles. The number of aryl methyl sites for hydroxylation is 1. The Morgan fingerprint density at radius 1 is 1.21 bits per heavy atom. The third-order valence-electron chi connectivity index (χ3n) is 2.47. The summed E-state index contributed by atoms with van der Waals surface area (Å²) in [5, 5.41) is 5.67. The first-order valence-electron chi connectivity index (χ1n) is 4.91. The van der Waals surface area contributed by atoms with E-state index in [1.165, 1.54) is 10.9 Å². The summed E-state index contributed by atoms with van der Waals surface area (Å²) in [6, 6.07) is 6.32. The van der Waals surface area contributed by atoms with Crippen LogP contribution in [-0.2, 0) is 12.5 Å². The van der Waals surface area contributed by atoms with Crippen LogP contribution < -0.4 is 0 Å². The molecule has 1 heterocycles. The Labute approximate surface area is 84.5 Å². The van der Waals surface area contributed by atoms with Crippen LogP contribution in [0.1, 0.15) is 26.3 Å². The van der Waals surface area contributed by atoms with Gasteiger partial charge in [-0.3, -0.25) is 4.68 Å². The molecule has 0 spiro atoms. The molecule has 0 unspecified atom stereocenters. The Morgan fingerprint density at radius 2 is 1.93 bits per heavy atom. The number of hydrogen-bond acceptors (Lipinski definition) is 1. The number of fused-ring (bicyclic) bond motifs is 1. The van der Waals surface area contributed by atoms with Crippen LogP contribution in [0.5, 0.6) is 0 Å². The first kappa shape index (κ1) is 9.25. The van der Waals surface area contributed by atoms with Crippen molar-refractivity contribution in [1.82, 2.24) is 9.78 Å². The quantitative estimate of drug-likeness (QED) is 0.621. The molecule has 2 aromatic rings. The maximum Gasteiger partial charge on any atom is 0.0926 e. The molecule has 0 atom stereocenters. The van der Waals surface area contributed by atoms with E-state index in [2.05, 4.69) is 50.3 Å². The zero-order chi connectivity index (χ0) is 10.3. The van der Waals surface area contributed by atoms with E-state index in [4.69, 9.17) is 0 Å². The molecule has 2 rings (SSSR count). The van der Waals surface area contributed by atoms with E-state index in [-0.39, 0.29) is 5.41 Å². The smallest absolute Gasteiger partial charge is 0.0926 e. The van der Waals surface area contributed by atoms with Gasteiger partial charge in [-0.15, -0.1) is 0 Å². The van der Waals surface area contributed by atoms with Gasteiger partial charge in [-0.2, -0.15) is 5.10 Å². The topological polar surface area (TPSA) is 17.8 Å². The summed E-state index contributed by atoms with van der Waals surface area (Å²) < 4.78 is 1.87. The van der Waals surface area contributed by atoms with E-state index in [1.807, 2.05) is 11.7 Å². The summed E-state index contributed by atoms with van der Waals surface area (Å²) in [5.74, 6) is 0. The largest absolute Gasteiger partial charge is 0.275 e. The SMILES string of the molecule is Cn1cc2c(C(C)(C)C)cccc2n1. The number of hydrogen-bond donors (Lipinski definition) is 0. The Balaban J connectivity index is 2.77. The van der Waals surface area contributed by atoms with Crippen LogP contribution in [0.25, 0.3) is 10.9 Å². The van der Waals surface area contributed by atoms with Crippen molar-refractivity contribution in [2.45, 2.75) is 26.2 Å². The molecular weight excluding hydrogens is 172 g/mol. The predicted octanol–water partition coefficient (Wildman–Crippen LogP) is 2.87. The molecule has 0 radical (unpaired) electrons. The van der Waals surface area contributed by atoms with Crippen molar-refractivity contribution < 1.29 is 0 Å². The molecule has 0 N–H and O–H groups in total. The Hall–Kier alpha value is -1.31. The standard InChI is InChI=1S/C12H16N2/c1-12(2,3)10-6-5-7-11-9(10)8-14(4)13-11/h5-8H,1-4H3. The maximum absolute atomic E-state index is 4.40. The van der Waals surface area contributed by atoms with Gasteiger partial charge in [-0.25, -0.2) is 0 Å². The number of rotatable bonds is 0. The number of benzene rings is 1. The van der Waals surface area contributed by atoms with Crippen molar-refractivity contribution in [3.05, 3.63) is 30.0 Å². The molecule has 0 aliphatic rings.